The van der Waals surface area contributed by atoms with E-state index in [0.29, 0.717) is 24.2 Å². The fraction of sp³-hybridized carbons (Fsp3) is 0.348. The highest BCUT2D eigenvalue weighted by molar-refractivity contribution is 6.21. The van der Waals surface area contributed by atoms with Crippen LogP contribution in [0.3, 0.4) is 0 Å². The van der Waals surface area contributed by atoms with E-state index in [0.717, 1.165) is 31.9 Å². The molecule has 0 bridgehead atoms. The second kappa shape index (κ2) is 9.87. The molecule has 0 atom stereocenters. The van der Waals surface area contributed by atoms with Crippen LogP contribution < -0.4 is 10.6 Å². The van der Waals surface area contributed by atoms with Crippen molar-refractivity contribution in [2.24, 2.45) is 4.99 Å². The van der Waals surface area contributed by atoms with E-state index >= 15 is 0 Å². The molecule has 0 saturated heterocycles. The zero-order valence-electron chi connectivity index (χ0n) is 17.1. The van der Waals surface area contributed by atoms with Crippen molar-refractivity contribution in [3.05, 3.63) is 70.8 Å². The summed E-state index contributed by atoms with van der Waals surface area (Å²) in [5, 5.41) is 6.58. The monoisotopic (exact) mass is 392 g/mol. The van der Waals surface area contributed by atoms with Gasteiger partial charge in [-0.3, -0.25) is 14.5 Å². The molecule has 0 saturated carbocycles. The zero-order valence-corrected chi connectivity index (χ0v) is 17.1. The first kappa shape index (κ1) is 20.6. The maximum Gasteiger partial charge on any atom is 0.261 e. The number of imide groups is 1. The average Bonchev–Trinajstić information content (AvgIpc) is 2.97. The van der Waals surface area contributed by atoms with E-state index < -0.39 is 0 Å². The van der Waals surface area contributed by atoms with Crippen LogP contribution in [0.5, 0.6) is 0 Å². The third-order valence-electron chi connectivity index (χ3n) is 4.99. The van der Waals surface area contributed by atoms with Gasteiger partial charge in [-0.2, -0.15) is 0 Å². The number of aliphatic imine (C=N–C) groups is 1. The summed E-state index contributed by atoms with van der Waals surface area (Å²) < 4.78 is 0. The van der Waals surface area contributed by atoms with Gasteiger partial charge in [-0.1, -0.05) is 36.4 Å². The summed E-state index contributed by atoms with van der Waals surface area (Å²) in [4.78, 5) is 30.7. The number of hydrogen-bond donors (Lipinski definition) is 2. The van der Waals surface area contributed by atoms with Crippen molar-refractivity contribution >= 4 is 17.8 Å². The topological polar surface area (TPSA) is 73.8 Å². The Morgan fingerprint density at radius 1 is 0.931 bits per heavy atom. The van der Waals surface area contributed by atoms with E-state index in [2.05, 4.69) is 34.7 Å². The molecule has 2 aromatic rings. The molecule has 1 heterocycles. The van der Waals surface area contributed by atoms with E-state index in [1.807, 2.05) is 19.1 Å². The van der Waals surface area contributed by atoms with Crippen LogP contribution in [0.15, 0.2) is 53.5 Å². The molecule has 2 amide bonds. The van der Waals surface area contributed by atoms with Crippen molar-refractivity contribution in [2.45, 2.75) is 33.2 Å². The lowest BCUT2D eigenvalue weighted by Gasteiger charge is -2.15. The minimum Gasteiger partial charge on any atom is -0.357 e. The number of amides is 2. The number of aryl methyl sites for hydroxylation is 1. The summed E-state index contributed by atoms with van der Waals surface area (Å²) in [6, 6.07) is 15.2. The number of unbranched alkanes of at least 4 members (excludes halogenated alkanes) is 1. The maximum absolute atomic E-state index is 12.4. The Labute approximate surface area is 172 Å². The van der Waals surface area contributed by atoms with Crippen LogP contribution in [0.4, 0.5) is 0 Å². The first-order valence-electron chi connectivity index (χ1n) is 10.1. The van der Waals surface area contributed by atoms with Gasteiger partial charge in [0.25, 0.3) is 11.8 Å². The first-order chi connectivity index (χ1) is 14.1. The van der Waals surface area contributed by atoms with Gasteiger partial charge in [0.2, 0.25) is 0 Å². The number of fused-ring (bicyclic) bond motifs is 1. The molecule has 0 radical (unpaired) electrons. The summed E-state index contributed by atoms with van der Waals surface area (Å²) >= 11 is 0. The Balaban J connectivity index is 1.45. The van der Waals surface area contributed by atoms with E-state index in [4.69, 9.17) is 0 Å². The van der Waals surface area contributed by atoms with Crippen molar-refractivity contribution in [3.8, 4) is 0 Å². The average molecular weight is 393 g/mol. The van der Waals surface area contributed by atoms with Gasteiger partial charge in [-0.25, -0.2) is 4.99 Å². The summed E-state index contributed by atoms with van der Waals surface area (Å²) in [5.41, 5.74) is 3.45. The van der Waals surface area contributed by atoms with Crippen LogP contribution in [-0.4, -0.2) is 42.3 Å². The highest BCUT2D eigenvalue weighted by Crippen LogP contribution is 2.22. The number of hydrogen-bond acceptors (Lipinski definition) is 3. The predicted molar refractivity (Wildman–Crippen MR) is 115 cm³/mol. The molecule has 1 aliphatic rings. The number of carbonyl (C=O) groups excluding carboxylic acids is 2. The molecule has 29 heavy (non-hydrogen) atoms. The van der Waals surface area contributed by atoms with Crippen LogP contribution in [0.2, 0.25) is 0 Å². The Bertz CT molecular complexity index is 872. The molecule has 3 rings (SSSR count). The fourth-order valence-corrected chi connectivity index (χ4v) is 3.34. The lowest BCUT2D eigenvalue weighted by Crippen LogP contribution is -2.38. The van der Waals surface area contributed by atoms with Gasteiger partial charge in [-0.15, -0.1) is 0 Å². The maximum atomic E-state index is 12.4. The van der Waals surface area contributed by atoms with Crippen molar-refractivity contribution in [2.75, 3.05) is 19.6 Å². The normalized spacial score (nSPS) is 13.6. The molecule has 152 valence electrons. The van der Waals surface area contributed by atoms with E-state index in [9.17, 15) is 9.59 Å². The summed E-state index contributed by atoms with van der Waals surface area (Å²) in [7, 11) is 0. The number of rotatable bonds is 8. The third-order valence-corrected chi connectivity index (χ3v) is 4.99. The number of nitrogens with zero attached hydrogens (tertiary/aromatic N) is 2. The van der Waals surface area contributed by atoms with Crippen molar-refractivity contribution < 1.29 is 9.59 Å². The standard InChI is InChI=1S/C23H28N4O2/c1-3-24-23(26-16-18-11-5-4-10-17(18)2)25-14-8-9-15-27-21(28)19-12-6-7-13-20(19)22(27)29/h4-7,10-13H,3,8-9,14-16H2,1-2H3,(H2,24,25,26). The van der Waals surface area contributed by atoms with E-state index in [1.54, 1.807) is 24.3 Å². The summed E-state index contributed by atoms with van der Waals surface area (Å²) in [5.74, 6) is 0.398. The van der Waals surface area contributed by atoms with Crippen LogP contribution >= 0.6 is 0 Å². The molecule has 0 fully saturated rings. The summed E-state index contributed by atoms with van der Waals surface area (Å²) in [6.07, 6.45) is 1.58. The Morgan fingerprint density at radius 3 is 2.24 bits per heavy atom. The minimum absolute atomic E-state index is 0.188. The largest absolute Gasteiger partial charge is 0.357 e. The molecule has 0 spiro atoms. The molecule has 1 aliphatic heterocycles. The van der Waals surface area contributed by atoms with Crippen molar-refractivity contribution in [1.82, 2.24) is 15.5 Å². The fourth-order valence-electron chi connectivity index (χ4n) is 3.34. The van der Waals surface area contributed by atoms with Gasteiger partial charge in [-0.05, 0) is 49.9 Å². The van der Waals surface area contributed by atoms with Gasteiger partial charge in [0, 0.05) is 19.6 Å². The summed E-state index contributed by atoms with van der Waals surface area (Å²) in [6.45, 7) is 6.69. The van der Waals surface area contributed by atoms with Gasteiger partial charge in [0.05, 0.1) is 17.7 Å². The molecule has 0 aromatic heterocycles. The van der Waals surface area contributed by atoms with Gasteiger partial charge < -0.3 is 10.6 Å². The molecule has 0 unspecified atom stereocenters. The molecule has 6 heteroatoms. The quantitative estimate of drug-likeness (QED) is 0.313. The molecular weight excluding hydrogens is 364 g/mol. The molecular formula is C23H28N4O2. The third kappa shape index (κ3) is 5.02. The Morgan fingerprint density at radius 2 is 1.59 bits per heavy atom. The zero-order chi connectivity index (χ0) is 20.6. The highest BCUT2D eigenvalue weighted by Gasteiger charge is 2.34. The number of carbonyl (C=O) groups is 2. The van der Waals surface area contributed by atoms with E-state index in [-0.39, 0.29) is 11.8 Å². The molecule has 6 nitrogen and oxygen atoms in total. The highest BCUT2D eigenvalue weighted by atomic mass is 16.2. The van der Waals surface area contributed by atoms with Gasteiger partial charge in [0.15, 0.2) is 5.96 Å². The minimum atomic E-state index is -0.188. The predicted octanol–water partition coefficient (Wildman–Crippen LogP) is 3.13. The second-order valence-corrected chi connectivity index (χ2v) is 7.06. The van der Waals surface area contributed by atoms with Crippen LogP contribution in [0.25, 0.3) is 0 Å². The van der Waals surface area contributed by atoms with Gasteiger partial charge >= 0.3 is 0 Å². The lowest BCUT2D eigenvalue weighted by atomic mass is 10.1. The second-order valence-electron chi connectivity index (χ2n) is 7.06. The Kier molecular flexibility index (Phi) is 7.00. The Hall–Kier alpha value is -3.15. The lowest BCUT2D eigenvalue weighted by molar-refractivity contribution is 0.0652. The first-order valence-corrected chi connectivity index (χ1v) is 10.1. The van der Waals surface area contributed by atoms with Crippen LogP contribution in [0.1, 0.15) is 51.6 Å². The SMILES string of the molecule is CCNC(=NCc1ccccc1C)NCCCCN1C(=O)c2ccccc2C1=O. The number of nitrogens with one attached hydrogen (secondary N) is 2. The van der Waals surface area contributed by atoms with Crippen molar-refractivity contribution in [3.63, 3.8) is 0 Å². The van der Waals surface area contributed by atoms with Crippen molar-refractivity contribution in [1.29, 1.82) is 0 Å². The molecule has 0 aliphatic carbocycles. The molecule has 2 N–H and O–H groups in total. The number of guanidine groups is 1. The van der Waals surface area contributed by atoms with Gasteiger partial charge in [0.1, 0.15) is 0 Å². The number of benzene rings is 2. The molecule has 2 aromatic carbocycles. The van der Waals surface area contributed by atoms with E-state index in [1.165, 1.54) is 16.0 Å². The van der Waals surface area contributed by atoms with Crippen LogP contribution in [-0.2, 0) is 6.54 Å². The van der Waals surface area contributed by atoms with Crippen LogP contribution in [0, 0.1) is 6.92 Å². The smallest absolute Gasteiger partial charge is 0.261 e.